The van der Waals surface area contributed by atoms with E-state index in [1.165, 1.54) is 6.07 Å². The highest BCUT2D eigenvalue weighted by atomic mass is 16.6. The fraction of sp³-hybridized carbons (Fsp3) is 0.429. The van der Waals surface area contributed by atoms with E-state index in [1.54, 1.807) is 6.92 Å². The first-order chi connectivity index (χ1) is 6.11. The molecule has 6 heteroatoms. The number of rotatable bonds is 4. The van der Waals surface area contributed by atoms with Crippen LogP contribution in [0.5, 0.6) is 0 Å². The molecular weight excluding hydrogens is 176 g/mol. The fourth-order valence-corrected chi connectivity index (χ4v) is 0.549. The molecule has 0 rings (SSSR count). The monoisotopic (exact) mass is 184 g/mol. The van der Waals surface area contributed by atoms with Crippen molar-refractivity contribution < 1.29 is 14.5 Å². The minimum Gasteiger partial charge on any atom is -0.462 e. The van der Waals surface area contributed by atoms with E-state index in [1.807, 2.05) is 0 Å². The highest BCUT2D eigenvalue weighted by Crippen LogP contribution is 1.96. The summed E-state index contributed by atoms with van der Waals surface area (Å²) in [5, 5.41) is 18.3. The van der Waals surface area contributed by atoms with Gasteiger partial charge in [-0.05, 0) is 6.92 Å². The molecular formula is C7H8N2O4. The average molecular weight is 184 g/mol. The Balaban J connectivity index is 4.34. The Labute approximate surface area is 74.6 Å². The van der Waals surface area contributed by atoms with Crippen molar-refractivity contribution >= 4 is 5.97 Å². The molecule has 0 aliphatic rings. The molecule has 0 unspecified atom stereocenters. The molecule has 6 nitrogen and oxygen atoms in total. The second-order valence-electron chi connectivity index (χ2n) is 1.97. The van der Waals surface area contributed by atoms with Gasteiger partial charge in [0.2, 0.25) is 6.54 Å². The van der Waals surface area contributed by atoms with Crippen molar-refractivity contribution in [1.82, 2.24) is 0 Å². The molecule has 0 aliphatic carbocycles. The number of ether oxygens (including phenoxy) is 1. The molecule has 0 N–H and O–H groups in total. The summed E-state index contributed by atoms with van der Waals surface area (Å²) in [4.78, 5) is 20.1. The Bertz CT molecular complexity index is 277. The Morgan fingerprint density at radius 3 is 2.77 bits per heavy atom. The number of nitriles is 1. The topological polar surface area (TPSA) is 93.2 Å². The van der Waals surface area contributed by atoms with Crippen molar-refractivity contribution in [3.8, 4) is 6.07 Å². The molecule has 0 spiro atoms. The second kappa shape index (κ2) is 5.71. The SMILES string of the molecule is CCOC(=O)/C(C#N)=C/C[N+](=O)[O-]. The molecule has 0 fully saturated rings. The first kappa shape index (κ1) is 11.1. The predicted octanol–water partition coefficient (Wildman–Crippen LogP) is 0.276. The molecule has 0 aromatic rings. The maximum atomic E-state index is 10.9. The van der Waals surface area contributed by atoms with Gasteiger partial charge in [0, 0.05) is 11.0 Å². The molecule has 0 bridgehead atoms. The third-order valence-electron chi connectivity index (χ3n) is 1.06. The quantitative estimate of drug-likeness (QED) is 0.205. The summed E-state index contributed by atoms with van der Waals surface area (Å²) in [5.41, 5.74) is -0.335. The molecule has 0 amide bonds. The summed E-state index contributed by atoms with van der Waals surface area (Å²) in [5.74, 6) is -0.827. The zero-order valence-electron chi connectivity index (χ0n) is 7.02. The maximum Gasteiger partial charge on any atom is 0.348 e. The highest BCUT2D eigenvalue weighted by Gasteiger charge is 2.10. The Kier molecular flexibility index (Phi) is 4.88. The van der Waals surface area contributed by atoms with E-state index in [9.17, 15) is 14.9 Å². The molecule has 13 heavy (non-hydrogen) atoms. The number of carbonyl (C=O) groups is 1. The largest absolute Gasteiger partial charge is 0.462 e. The van der Waals surface area contributed by atoms with Gasteiger partial charge in [0.15, 0.2) is 0 Å². The molecule has 0 atom stereocenters. The van der Waals surface area contributed by atoms with E-state index < -0.39 is 17.4 Å². The lowest BCUT2D eigenvalue weighted by Gasteiger charge is -1.97. The van der Waals surface area contributed by atoms with Crippen molar-refractivity contribution in [2.75, 3.05) is 13.2 Å². The molecule has 0 saturated heterocycles. The molecule has 0 aromatic carbocycles. The number of hydrogen-bond acceptors (Lipinski definition) is 5. The summed E-state index contributed by atoms with van der Waals surface area (Å²) in [6.07, 6.45) is 0.929. The van der Waals surface area contributed by atoms with Crippen molar-refractivity contribution in [3.63, 3.8) is 0 Å². The van der Waals surface area contributed by atoms with Gasteiger partial charge in [-0.3, -0.25) is 10.1 Å². The lowest BCUT2D eigenvalue weighted by molar-refractivity contribution is -0.468. The van der Waals surface area contributed by atoms with Gasteiger partial charge in [-0.1, -0.05) is 0 Å². The van der Waals surface area contributed by atoms with E-state index in [2.05, 4.69) is 4.74 Å². The van der Waals surface area contributed by atoms with E-state index in [4.69, 9.17) is 5.26 Å². The molecule has 0 saturated carbocycles. The van der Waals surface area contributed by atoms with Crippen LogP contribution in [-0.4, -0.2) is 24.0 Å². The highest BCUT2D eigenvalue weighted by molar-refractivity contribution is 5.92. The van der Waals surface area contributed by atoms with Crippen molar-refractivity contribution in [1.29, 1.82) is 5.26 Å². The Morgan fingerprint density at radius 2 is 2.38 bits per heavy atom. The number of nitrogens with zero attached hydrogens (tertiary/aromatic N) is 2. The summed E-state index contributed by atoms with van der Waals surface area (Å²) in [6, 6.07) is 1.52. The standard InChI is InChI=1S/C7H8N2O4/c1-2-13-7(10)6(5-8)3-4-9(11)12/h3H,2,4H2,1H3/b6-3+. The van der Waals surface area contributed by atoms with Gasteiger partial charge in [0.25, 0.3) is 0 Å². The molecule has 70 valence electrons. The van der Waals surface area contributed by atoms with Crippen molar-refractivity contribution in [3.05, 3.63) is 21.8 Å². The Hall–Kier alpha value is -1.90. The van der Waals surface area contributed by atoms with E-state index in [-0.39, 0.29) is 12.2 Å². The summed E-state index contributed by atoms with van der Waals surface area (Å²) in [6.45, 7) is 1.17. The van der Waals surface area contributed by atoms with Crippen LogP contribution < -0.4 is 0 Å². The van der Waals surface area contributed by atoms with Gasteiger partial charge in [-0.15, -0.1) is 0 Å². The van der Waals surface area contributed by atoms with Gasteiger partial charge in [-0.25, -0.2) is 4.79 Å². The first-order valence-electron chi connectivity index (χ1n) is 3.51. The first-order valence-corrected chi connectivity index (χ1v) is 3.51. The number of esters is 1. The molecule has 0 heterocycles. The van der Waals surface area contributed by atoms with Gasteiger partial charge in [0.05, 0.1) is 6.61 Å². The third-order valence-corrected chi connectivity index (χ3v) is 1.06. The summed E-state index contributed by atoms with van der Waals surface area (Å²) < 4.78 is 4.47. The van der Waals surface area contributed by atoms with Gasteiger partial charge in [0.1, 0.15) is 11.6 Å². The lowest BCUT2D eigenvalue weighted by atomic mass is 10.3. The van der Waals surface area contributed by atoms with Crippen LogP contribution >= 0.6 is 0 Å². The van der Waals surface area contributed by atoms with Crippen LogP contribution in [0.2, 0.25) is 0 Å². The average Bonchev–Trinajstić information content (AvgIpc) is 2.05. The molecule has 0 radical (unpaired) electrons. The molecule has 0 aromatic heterocycles. The van der Waals surface area contributed by atoms with Crippen LogP contribution in [0.15, 0.2) is 11.6 Å². The summed E-state index contributed by atoms with van der Waals surface area (Å²) >= 11 is 0. The van der Waals surface area contributed by atoms with Crippen LogP contribution in [0.4, 0.5) is 0 Å². The summed E-state index contributed by atoms with van der Waals surface area (Å²) in [7, 11) is 0. The zero-order chi connectivity index (χ0) is 10.3. The Morgan fingerprint density at radius 1 is 1.77 bits per heavy atom. The van der Waals surface area contributed by atoms with E-state index in [0.29, 0.717) is 0 Å². The van der Waals surface area contributed by atoms with E-state index in [0.717, 1.165) is 6.08 Å². The number of carbonyl (C=O) groups excluding carboxylic acids is 1. The van der Waals surface area contributed by atoms with Gasteiger partial charge in [-0.2, -0.15) is 5.26 Å². The van der Waals surface area contributed by atoms with E-state index >= 15 is 0 Å². The van der Waals surface area contributed by atoms with Gasteiger partial charge >= 0.3 is 5.97 Å². The number of hydrogen-bond donors (Lipinski definition) is 0. The van der Waals surface area contributed by atoms with Crippen LogP contribution in [0, 0.1) is 21.4 Å². The fourth-order valence-electron chi connectivity index (χ4n) is 0.549. The normalized spacial score (nSPS) is 10.3. The van der Waals surface area contributed by atoms with Gasteiger partial charge < -0.3 is 4.74 Å². The maximum absolute atomic E-state index is 10.9. The van der Waals surface area contributed by atoms with Crippen LogP contribution in [0.25, 0.3) is 0 Å². The molecule has 0 aliphatic heterocycles. The second-order valence-corrected chi connectivity index (χ2v) is 1.97. The van der Waals surface area contributed by atoms with Crippen molar-refractivity contribution in [2.45, 2.75) is 6.92 Å². The van der Waals surface area contributed by atoms with Crippen LogP contribution in [0.3, 0.4) is 0 Å². The smallest absolute Gasteiger partial charge is 0.348 e. The lowest BCUT2D eigenvalue weighted by Crippen LogP contribution is -2.08. The predicted molar refractivity (Wildman–Crippen MR) is 42.2 cm³/mol. The number of nitro groups is 1. The van der Waals surface area contributed by atoms with Crippen LogP contribution in [0.1, 0.15) is 6.92 Å². The zero-order valence-corrected chi connectivity index (χ0v) is 7.02. The minimum absolute atomic E-state index is 0.135. The van der Waals surface area contributed by atoms with Crippen molar-refractivity contribution in [2.24, 2.45) is 0 Å². The minimum atomic E-state index is -0.827. The third kappa shape index (κ3) is 4.53. The van der Waals surface area contributed by atoms with Crippen LogP contribution in [-0.2, 0) is 9.53 Å².